The van der Waals surface area contributed by atoms with Crippen LogP contribution < -0.4 is 22.9 Å². The highest BCUT2D eigenvalue weighted by Crippen LogP contribution is 2.27. The van der Waals surface area contributed by atoms with Gasteiger partial charge in [0, 0.05) is 0 Å². The topological polar surface area (TPSA) is 496 Å². The molecule has 0 spiro atoms. The van der Waals surface area contributed by atoms with Crippen LogP contribution in [0.5, 0.6) is 0 Å². The van der Waals surface area contributed by atoms with Crippen molar-refractivity contribution in [3.05, 3.63) is 49.6 Å². The second-order valence-electron chi connectivity index (χ2n) is 15.1. The fraction of sp³-hybridized carbons (Fsp3) is 0.610. The van der Waals surface area contributed by atoms with Gasteiger partial charge in [0.1, 0.15) is 146 Å². The van der Waals surface area contributed by atoms with Gasteiger partial charge in [0.15, 0.2) is 0 Å². The van der Waals surface area contributed by atoms with E-state index < -0.39 is 130 Å². The van der Waals surface area contributed by atoms with E-state index in [0.29, 0.717) is 5.82 Å². The zero-order valence-corrected chi connectivity index (χ0v) is 37.5. The Kier molecular flexibility index (Phi) is 15.6. The van der Waals surface area contributed by atoms with Gasteiger partial charge in [-0.15, -0.1) is 0 Å². The molecule has 16 atom stereocenters. The van der Waals surface area contributed by atoms with Gasteiger partial charge in [0.2, 0.25) is 23.8 Å². The lowest BCUT2D eigenvalue weighted by molar-refractivity contribution is -0.0250. The Morgan fingerprint density at radius 2 is 0.767 bits per heavy atom. The minimum Gasteiger partial charge on any atom is -0.394 e. The molecule has 0 aromatic carbocycles. The third-order valence-corrected chi connectivity index (χ3v) is 10.3. The fourth-order valence-corrected chi connectivity index (χ4v) is 6.47. The van der Waals surface area contributed by atoms with Gasteiger partial charge in [0.05, 0.1) is 70.3 Å². The number of rotatable bonds is 12. The maximum atomic E-state index is 10.2. The SMILES string of the molecule is C.[2H]C([2H])(O)[C@@]1([2H])O[C@@H](CN2C=NC(N)=NC2=C)[C@@H](O)C1([2H])O.[2H]C([2H])(O)[C@@]1([2H])O[C@@]([2H])(CN2C=NC(N)=NC2=C)[C@@]([2H])(O)C1([2H])O.[2H]C([2H])(O)[C@H]1O[C@@H](CN2C=NC(N)=NC2=C)[C@@H](O)C1O.[2H][C@]1(CO)O[C@@H](CN2C=NC(N)=NC2=C)[C@@H](O)C1O. The number of aliphatic hydroxyl groups is 12. The molecule has 32 nitrogen and oxygen atoms in total. The van der Waals surface area contributed by atoms with E-state index in [2.05, 4.69) is 66.3 Å². The van der Waals surface area contributed by atoms with Crippen LogP contribution in [0, 0.1) is 0 Å². The molecule has 73 heavy (non-hydrogen) atoms. The number of nitrogens with two attached hydrogens (primary N) is 4. The number of aliphatic imine (C=N–C) groups is 8. The van der Waals surface area contributed by atoms with Gasteiger partial charge in [-0.2, -0.15) is 20.0 Å². The largest absolute Gasteiger partial charge is 0.394 e. The normalized spacial score (nSPS) is 45.8. The van der Waals surface area contributed by atoms with E-state index in [1.165, 1.54) is 33.7 Å². The molecule has 4 unspecified atom stereocenters. The summed E-state index contributed by atoms with van der Waals surface area (Å²) in [6.45, 7) is 2.91. The van der Waals surface area contributed by atoms with Crippen molar-refractivity contribution in [1.29, 1.82) is 0 Å². The second-order valence-corrected chi connectivity index (χ2v) is 15.1. The molecule has 0 saturated carbocycles. The Balaban J connectivity index is 0.000000246. The molecule has 408 valence electrons. The number of guanidine groups is 4. The molecule has 4 saturated heterocycles. The summed E-state index contributed by atoms with van der Waals surface area (Å²) in [4.78, 5) is 35.1. The summed E-state index contributed by atoms with van der Waals surface area (Å²) >= 11 is 0. The molecule has 0 radical (unpaired) electrons. The van der Waals surface area contributed by atoms with Crippen molar-refractivity contribution in [3.8, 4) is 0 Å². The van der Waals surface area contributed by atoms with Crippen molar-refractivity contribution >= 4 is 49.2 Å². The van der Waals surface area contributed by atoms with Gasteiger partial charge in [-0.1, -0.05) is 33.7 Å². The van der Waals surface area contributed by atoms with Crippen LogP contribution in [-0.2, 0) is 18.9 Å². The van der Waals surface area contributed by atoms with Crippen LogP contribution in [0.2, 0.25) is 0 Å². The average Bonchev–Trinajstić information content (AvgIpc) is 1.53. The smallest absolute Gasteiger partial charge is 0.223 e. The van der Waals surface area contributed by atoms with Gasteiger partial charge in [0.25, 0.3) is 0 Å². The molecule has 4 fully saturated rings. The van der Waals surface area contributed by atoms with E-state index in [0.717, 1.165) is 11.2 Å². The van der Waals surface area contributed by atoms with Crippen LogP contribution >= 0.6 is 0 Å². The summed E-state index contributed by atoms with van der Waals surface area (Å²) in [5.74, 6) is 0.587. The first-order valence-electron chi connectivity index (χ1n) is 27.0. The van der Waals surface area contributed by atoms with E-state index in [1.807, 2.05) is 0 Å². The highest BCUT2D eigenvalue weighted by Gasteiger charge is 2.46. The fourth-order valence-electron chi connectivity index (χ4n) is 6.47. The van der Waals surface area contributed by atoms with Crippen LogP contribution in [0.3, 0.4) is 0 Å². The number of aliphatic hydroxyl groups excluding tert-OH is 6. The second kappa shape index (κ2) is 26.9. The van der Waals surface area contributed by atoms with E-state index >= 15 is 0 Å². The lowest BCUT2D eigenvalue weighted by Gasteiger charge is -2.25. The summed E-state index contributed by atoms with van der Waals surface area (Å²) in [5.41, 5.74) is 21.5. The van der Waals surface area contributed by atoms with Crippen molar-refractivity contribution in [2.24, 2.45) is 62.9 Å². The predicted octanol–water partition coefficient (Wildman–Crippen LogP) is -8.97. The Labute approximate surface area is 436 Å². The van der Waals surface area contributed by atoms with E-state index in [9.17, 15) is 56.2 Å². The number of nitrogens with zero attached hydrogens (tertiary/aromatic N) is 12. The van der Waals surface area contributed by atoms with Gasteiger partial charge >= 0.3 is 0 Å². The van der Waals surface area contributed by atoms with Crippen molar-refractivity contribution in [3.63, 3.8) is 0 Å². The Hall–Kier alpha value is -5.92. The molecule has 8 heterocycles. The summed E-state index contributed by atoms with van der Waals surface area (Å²) in [6, 6.07) is 0. The summed E-state index contributed by atoms with van der Waals surface area (Å²) < 4.78 is 117. The molecule has 0 aromatic rings. The average molecular weight is 1050 g/mol. The quantitative estimate of drug-likeness (QED) is 0.0863. The number of hydrogen-bond acceptors (Lipinski definition) is 32. The van der Waals surface area contributed by atoms with E-state index in [1.54, 1.807) is 0 Å². The van der Waals surface area contributed by atoms with Crippen LogP contribution in [0.4, 0.5) is 0 Å². The highest BCUT2D eigenvalue weighted by molar-refractivity contribution is 5.90. The molecular weight excluding hydrogens is 973 g/mol. The minimum absolute atomic E-state index is 0. The monoisotopic (exact) mass is 1050 g/mol. The lowest BCUT2D eigenvalue weighted by atomic mass is 10.1. The number of hydrogen-bond donors (Lipinski definition) is 16. The first-order valence-corrected chi connectivity index (χ1v) is 20.5. The van der Waals surface area contributed by atoms with E-state index in [4.69, 9.17) is 64.8 Å². The Morgan fingerprint density at radius 3 is 1.10 bits per heavy atom. The maximum absolute atomic E-state index is 10.2. The molecule has 32 heteroatoms. The summed E-state index contributed by atoms with van der Waals surface area (Å²) in [6.07, 6.45) is -29.3. The van der Waals surface area contributed by atoms with Gasteiger partial charge < -0.3 is 123 Å². The zero-order valence-electron chi connectivity index (χ0n) is 50.5. The van der Waals surface area contributed by atoms with Crippen molar-refractivity contribution < 1.29 is 98.0 Å². The third kappa shape index (κ3) is 15.1. The highest BCUT2D eigenvalue weighted by atomic mass is 16.6. The third-order valence-electron chi connectivity index (χ3n) is 10.3. The summed E-state index contributed by atoms with van der Waals surface area (Å²) in [5, 5.41) is 116. The van der Waals surface area contributed by atoms with Crippen LogP contribution in [0.25, 0.3) is 0 Å². The van der Waals surface area contributed by atoms with Crippen LogP contribution in [0.1, 0.15) is 25.2 Å². The molecule has 20 N–H and O–H groups in total. The molecule has 8 rings (SSSR count). The number of ether oxygens (including phenoxy) is 4. The summed E-state index contributed by atoms with van der Waals surface area (Å²) in [7, 11) is 0. The molecular formula is C41H68N16O16. The first-order chi connectivity index (χ1) is 38.6. The van der Waals surface area contributed by atoms with Crippen molar-refractivity contribution in [2.45, 2.75) is 105 Å². The molecule has 0 amide bonds. The Morgan fingerprint density at radius 1 is 0.438 bits per heavy atom. The first kappa shape index (κ1) is 42.4. The Bertz CT molecular complexity index is 2830. The zero-order chi connectivity index (χ0) is 65.0. The minimum atomic E-state index is -3.71. The lowest BCUT2D eigenvalue weighted by Crippen LogP contribution is -2.40. The maximum Gasteiger partial charge on any atom is 0.223 e. The molecule has 8 aliphatic heterocycles. The molecule has 0 bridgehead atoms. The van der Waals surface area contributed by atoms with Gasteiger partial charge in [-0.05, 0) is 0 Å². The van der Waals surface area contributed by atoms with Crippen LogP contribution in [-0.4, -0.2) is 280 Å². The van der Waals surface area contributed by atoms with Gasteiger partial charge in [-0.3, -0.25) is 0 Å². The van der Waals surface area contributed by atoms with Crippen molar-refractivity contribution in [2.75, 3.05) is 52.5 Å². The van der Waals surface area contributed by atoms with Gasteiger partial charge in [-0.25, -0.2) is 20.0 Å². The van der Waals surface area contributed by atoms with Crippen molar-refractivity contribution in [1.82, 2.24) is 19.6 Å². The van der Waals surface area contributed by atoms with E-state index in [-0.39, 0.29) is 68.4 Å². The predicted molar refractivity (Wildman–Crippen MR) is 262 cm³/mol. The molecule has 0 aromatic heterocycles. The molecule has 0 aliphatic carbocycles. The molecule has 8 aliphatic rings. The van der Waals surface area contributed by atoms with Crippen LogP contribution in [0.15, 0.2) is 89.5 Å². The standard InChI is InChI=1S/4C10H16N4O4.CH4/c4*1-5-13-10(11)12-4-14(5)2-6-8(16)9(17)7(3-15)18-6;/h4*4,6-9,15-17H,1-3H2,(H2,11,13);1H4/t4*6-,7+,8+,9?;/m0000./s1/i3D2,6D,7D,8D,9D;3D2,7D,9D;7D;3D2;.